The van der Waals surface area contributed by atoms with Crippen LogP contribution in [0.3, 0.4) is 0 Å². The van der Waals surface area contributed by atoms with E-state index in [-0.39, 0.29) is 24.5 Å². The largest absolute Gasteiger partial charge is 0.353 e. The highest BCUT2D eigenvalue weighted by molar-refractivity contribution is 5.98. The van der Waals surface area contributed by atoms with Crippen LogP contribution >= 0.6 is 0 Å². The zero-order chi connectivity index (χ0) is 22.0. The van der Waals surface area contributed by atoms with Crippen LogP contribution in [-0.4, -0.2) is 35.1 Å². The first kappa shape index (κ1) is 21.6. The number of rotatable bonds is 4. The van der Waals surface area contributed by atoms with Crippen LogP contribution in [0.2, 0.25) is 0 Å². The van der Waals surface area contributed by atoms with Crippen molar-refractivity contribution in [2.24, 2.45) is 5.92 Å². The summed E-state index contributed by atoms with van der Waals surface area (Å²) in [6.07, 6.45) is 3.52. The monoisotopic (exact) mass is 420 g/mol. The van der Waals surface area contributed by atoms with E-state index in [0.717, 1.165) is 36.8 Å². The van der Waals surface area contributed by atoms with Gasteiger partial charge in [-0.15, -0.1) is 0 Å². The summed E-state index contributed by atoms with van der Waals surface area (Å²) in [7, 11) is 0. The maximum atomic E-state index is 13.7. The molecule has 5 nitrogen and oxygen atoms in total. The van der Waals surface area contributed by atoms with E-state index < -0.39 is 11.8 Å². The molecule has 1 saturated heterocycles. The van der Waals surface area contributed by atoms with Crippen molar-refractivity contribution in [3.8, 4) is 0 Å². The summed E-state index contributed by atoms with van der Waals surface area (Å²) < 4.78 is 6.28. The van der Waals surface area contributed by atoms with Gasteiger partial charge >= 0.3 is 0 Å². The maximum absolute atomic E-state index is 13.7. The van der Waals surface area contributed by atoms with Gasteiger partial charge in [0.25, 0.3) is 5.91 Å². The fourth-order valence-corrected chi connectivity index (χ4v) is 4.83. The second-order valence-corrected chi connectivity index (χ2v) is 9.14. The number of aryl methyl sites for hydroxylation is 1. The topological polar surface area (TPSA) is 58.6 Å². The second-order valence-electron chi connectivity index (χ2n) is 9.14. The Bertz CT molecular complexity index is 935. The number of benzene rings is 2. The van der Waals surface area contributed by atoms with Gasteiger partial charge in [0.1, 0.15) is 11.8 Å². The molecule has 31 heavy (non-hydrogen) atoms. The number of amides is 2. The zero-order valence-electron chi connectivity index (χ0n) is 18.6. The third-order valence-electron chi connectivity index (χ3n) is 6.76. The van der Waals surface area contributed by atoms with Crippen molar-refractivity contribution >= 4 is 11.8 Å². The van der Waals surface area contributed by atoms with E-state index in [9.17, 15) is 9.59 Å². The molecule has 2 aromatic rings. The number of hydrogen-bond acceptors (Lipinski definition) is 3. The lowest BCUT2D eigenvalue weighted by atomic mass is 9.83. The smallest absolute Gasteiger partial charge is 0.256 e. The first-order valence-corrected chi connectivity index (χ1v) is 11.3. The van der Waals surface area contributed by atoms with Crippen molar-refractivity contribution in [1.82, 2.24) is 10.2 Å². The lowest BCUT2D eigenvalue weighted by molar-refractivity contribution is -0.128. The van der Waals surface area contributed by atoms with Crippen molar-refractivity contribution in [3.05, 3.63) is 71.3 Å². The van der Waals surface area contributed by atoms with Crippen LogP contribution in [0.15, 0.2) is 54.6 Å². The van der Waals surface area contributed by atoms with E-state index in [1.165, 1.54) is 0 Å². The normalized spacial score (nSPS) is 26.6. The molecule has 1 saturated carbocycles. The SMILES string of the molecule is Cc1cccc(C(=O)N2[C@@H](C(=O)N[C@@H](C)c3ccccc3)COC23CCC(C)CC3)c1. The van der Waals surface area contributed by atoms with Crippen LogP contribution < -0.4 is 5.32 Å². The Morgan fingerprint density at radius 1 is 1.10 bits per heavy atom. The molecule has 2 atom stereocenters. The maximum Gasteiger partial charge on any atom is 0.256 e. The molecule has 0 unspecified atom stereocenters. The summed E-state index contributed by atoms with van der Waals surface area (Å²) in [6.45, 7) is 6.41. The summed E-state index contributed by atoms with van der Waals surface area (Å²) in [6, 6.07) is 16.7. The molecule has 2 aromatic carbocycles. The minimum absolute atomic E-state index is 0.122. The molecule has 164 valence electrons. The summed E-state index contributed by atoms with van der Waals surface area (Å²) in [5.74, 6) is 0.326. The molecule has 1 heterocycles. The number of carbonyl (C=O) groups excluding carboxylic acids is 2. The van der Waals surface area contributed by atoms with Crippen LogP contribution in [0.25, 0.3) is 0 Å². The molecule has 0 bridgehead atoms. The van der Waals surface area contributed by atoms with Crippen molar-refractivity contribution in [2.45, 2.75) is 64.3 Å². The van der Waals surface area contributed by atoms with E-state index >= 15 is 0 Å². The predicted molar refractivity (Wildman–Crippen MR) is 120 cm³/mol. The van der Waals surface area contributed by atoms with Gasteiger partial charge in [0, 0.05) is 5.56 Å². The molecular formula is C26H32N2O3. The minimum atomic E-state index is -0.689. The molecule has 1 spiro atoms. The summed E-state index contributed by atoms with van der Waals surface area (Å²) >= 11 is 0. The van der Waals surface area contributed by atoms with Crippen LogP contribution in [0.5, 0.6) is 0 Å². The van der Waals surface area contributed by atoms with Crippen LogP contribution in [-0.2, 0) is 9.53 Å². The van der Waals surface area contributed by atoms with E-state index in [1.807, 2.05) is 68.4 Å². The molecular weight excluding hydrogens is 388 g/mol. The van der Waals surface area contributed by atoms with Crippen LogP contribution in [0.1, 0.15) is 67.1 Å². The van der Waals surface area contributed by atoms with E-state index in [4.69, 9.17) is 4.74 Å². The van der Waals surface area contributed by atoms with E-state index in [2.05, 4.69) is 12.2 Å². The number of nitrogens with one attached hydrogen (secondary N) is 1. The predicted octanol–water partition coefficient (Wildman–Crippen LogP) is 4.62. The quantitative estimate of drug-likeness (QED) is 0.785. The number of nitrogens with zero attached hydrogens (tertiary/aromatic N) is 1. The van der Waals surface area contributed by atoms with Gasteiger partial charge in [-0.25, -0.2) is 0 Å². The van der Waals surface area contributed by atoms with E-state index in [1.54, 1.807) is 4.90 Å². The van der Waals surface area contributed by atoms with Gasteiger partial charge in [0.05, 0.1) is 12.6 Å². The van der Waals surface area contributed by atoms with Crippen molar-refractivity contribution in [3.63, 3.8) is 0 Å². The molecule has 1 N–H and O–H groups in total. The molecule has 5 heteroatoms. The zero-order valence-corrected chi connectivity index (χ0v) is 18.6. The Hall–Kier alpha value is -2.66. The van der Waals surface area contributed by atoms with Crippen molar-refractivity contribution < 1.29 is 14.3 Å². The van der Waals surface area contributed by atoms with Gasteiger partial charge in [0.2, 0.25) is 5.91 Å². The third-order valence-corrected chi connectivity index (χ3v) is 6.76. The highest BCUT2D eigenvalue weighted by Crippen LogP contribution is 2.43. The Morgan fingerprint density at radius 2 is 1.81 bits per heavy atom. The van der Waals surface area contributed by atoms with Crippen molar-refractivity contribution in [2.75, 3.05) is 6.61 Å². The minimum Gasteiger partial charge on any atom is -0.353 e. The molecule has 2 fully saturated rings. The van der Waals surface area contributed by atoms with Gasteiger partial charge in [-0.1, -0.05) is 55.0 Å². The molecule has 1 aliphatic carbocycles. The van der Waals surface area contributed by atoms with Crippen LogP contribution in [0.4, 0.5) is 0 Å². The number of ether oxygens (including phenoxy) is 1. The lowest BCUT2D eigenvalue weighted by Gasteiger charge is -2.43. The van der Waals surface area contributed by atoms with Crippen molar-refractivity contribution in [1.29, 1.82) is 0 Å². The van der Waals surface area contributed by atoms with Gasteiger partial charge in [-0.3, -0.25) is 14.5 Å². The molecule has 4 rings (SSSR count). The van der Waals surface area contributed by atoms with Gasteiger partial charge < -0.3 is 10.1 Å². The highest BCUT2D eigenvalue weighted by Gasteiger charge is 2.53. The average Bonchev–Trinajstić information content (AvgIpc) is 3.15. The summed E-state index contributed by atoms with van der Waals surface area (Å²) in [4.78, 5) is 28.8. The summed E-state index contributed by atoms with van der Waals surface area (Å²) in [5, 5.41) is 3.10. The molecule has 2 amide bonds. The van der Waals surface area contributed by atoms with Gasteiger partial charge in [0.15, 0.2) is 0 Å². The Morgan fingerprint density at radius 3 is 2.48 bits per heavy atom. The van der Waals surface area contributed by atoms with Gasteiger partial charge in [-0.05, 0) is 63.1 Å². The fraction of sp³-hybridized carbons (Fsp3) is 0.462. The Balaban J connectivity index is 1.61. The molecule has 2 aliphatic rings. The standard InChI is InChI=1S/C26H32N2O3/c1-18-12-14-26(15-13-18)28(25(30)22-11-7-8-19(2)16-22)23(17-31-26)24(29)27-20(3)21-9-5-4-6-10-21/h4-11,16,18,20,23H,12-15,17H2,1-3H3,(H,27,29)/t18?,20-,23+,26?/m0/s1. The first-order chi connectivity index (χ1) is 14.9. The van der Waals surface area contributed by atoms with Crippen LogP contribution in [0, 0.1) is 12.8 Å². The molecule has 0 aromatic heterocycles. The number of hydrogen-bond donors (Lipinski definition) is 1. The Kier molecular flexibility index (Phi) is 6.15. The third kappa shape index (κ3) is 4.38. The molecule has 1 aliphatic heterocycles. The molecule has 0 radical (unpaired) electrons. The fourth-order valence-electron chi connectivity index (χ4n) is 4.83. The van der Waals surface area contributed by atoms with Gasteiger partial charge in [-0.2, -0.15) is 0 Å². The number of carbonyl (C=O) groups is 2. The Labute approximate surface area is 184 Å². The van der Waals surface area contributed by atoms with E-state index in [0.29, 0.717) is 11.5 Å². The first-order valence-electron chi connectivity index (χ1n) is 11.3. The lowest BCUT2D eigenvalue weighted by Crippen LogP contribution is -2.57. The highest BCUT2D eigenvalue weighted by atomic mass is 16.5. The average molecular weight is 421 g/mol. The second kappa shape index (κ2) is 8.83. The summed E-state index contributed by atoms with van der Waals surface area (Å²) in [5.41, 5.74) is 1.98.